The summed E-state index contributed by atoms with van der Waals surface area (Å²) in [5, 5.41) is 0. The Labute approximate surface area is 120 Å². The summed E-state index contributed by atoms with van der Waals surface area (Å²) in [6.45, 7) is 1.61. The fraction of sp³-hybridized carbons (Fsp3) is 0.462. The number of hydrogen-bond donors (Lipinski definition) is 0. The number of imidazole rings is 1. The van der Waals surface area contributed by atoms with E-state index >= 15 is 0 Å². The Morgan fingerprint density at radius 1 is 1.25 bits per heavy atom. The van der Waals surface area contributed by atoms with Gasteiger partial charge in [-0.1, -0.05) is 0 Å². The first-order valence-electron chi connectivity index (χ1n) is 6.14. The summed E-state index contributed by atoms with van der Waals surface area (Å²) in [6, 6.07) is 2.49. The highest BCUT2D eigenvalue weighted by atomic mass is 35.5. The molecule has 2 rings (SSSR count). The maximum atomic E-state index is 13.9. The molecule has 0 radical (unpaired) electrons. The molecule has 0 unspecified atom stereocenters. The van der Waals surface area contributed by atoms with Gasteiger partial charge in [-0.3, -0.25) is 0 Å². The molecule has 0 saturated carbocycles. The number of methoxy groups -OCH3 is 1. The van der Waals surface area contributed by atoms with Crippen LogP contribution in [-0.2, 0) is 21.9 Å². The van der Waals surface area contributed by atoms with Gasteiger partial charge < -0.3 is 14.0 Å². The van der Waals surface area contributed by atoms with E-state index in [9.17, 15) is 8.78 Å². The number of halogens is 3. The predicted octanol–water partition coefficient (Wildman–Crippen LogP) is 2.72. The van der Waals surface area contributed by atoms with Crippen molar-refractivity contribution in [1.29, 1.82) is 0 Å². The molecular weight excluding hydrogens is 290 g/mol. The molecule has 2 aromatic rings. The molecule has 0 saturated heterocycles. The van der Waals surface area contributed by atoms with Gasteiger partial charge in [0.2, 0.25) is 0 Å². The first-order chi connectivity index (χ1) is 9.69. The number of alkyl halides is 1. The molecule has 4 nitrogen and oxygen atoms in total. The molecule has 1 heterocycles. The van der Waals surface area contributed by atoms with Crippen molar-refractivity contribution in [2.45, 2.75) is 12.4 Å². The van der Waals surface area contributed by atoms with E-state index in [1.165, 1.54) is 6.07 Å². The van der Waals surface area contributed by atoms with Crippen LogP contribution < -0.4 is 0 Å². The number of fused-ring (bicyclic) bond motifs is 1. The van der Waals surface area contributed by atoms with Gasteiger partial charge in [-0.25, -0.2) is 13.8 Å². The van der Waals surface area contributed by atoms with Gasteiger partial charge in [-0.15, -0.1) is 11.6 Å². The average Bonchev–Trinajstić information content (AvgIpc) is 2.81. The standard InChI is InChI=1S/C13H15ClF2N2O2/c1-19-6-7-20-5-4-18-11(8-14)17-10-3-2-9(15)12(16)13(10)18/h2-3H,4-8H2,1H3. The summed E-state index contributed by atoms with van der Waals surface area (Å²) in [6.07, 6.45) is 0. The summed E-state index contributed by atoms with van der Waals surface area (Å²) in [5.74, 6) is -1.21. The van der Waals surface area contributed by atoms with E-state index in [-0.39, 0.29) is 11.4 Å². The Bertz CT molecular complexity index is 589. The van der Waals surface area contributed by atoms with E-state index in [0.29, 0.717) is 37.7 Å². The molecular formula is C13H15ClF2N2O2. The zero-order valence-electron chi connectivity index (χ0n) is 11.0. The number of nitrogens with zero attached hydrogens (tertiary/aromatic N) is 2. The third-order valence-electron chi connectivity index (χ3n) is 2.89. The zero-order chi connectivity index (χ0) is 14.5. The van der Waals surface area contributed by atoms with Crippen LogP contribution in [0.2, 0.25) is 0 Å². The molecule has 0 bridgehead atoms. The van der Waals surface area contributed by atoms with Crippen LogP contribution in [0, 0.1) is 11.6 Å². The predicted molar refractivity (Wildman–Crippen MR) is 71.9 cm³/mol. The summed E-state index contributed by atoms with van der Waals surface area (Å²) in [4.78, 5) is 4.19. The molecule has 7 heteroatoms. The molecule has 1 aromatic heterocycles. The molecule has 0 amide bonds. The lowest BCUT2D eigenvalue weighted by Crippen LogP contribution is -2.11. The second-order valence-electron chi connectivity index (χ2n) is 4.15. The van der Waals surface area contributed by atoms with Crippen LogP contribution in [0.25, 0.3) is 11.0 Å². The molecule has 1 aromatic carbocycles. The van der Waals surface area contributed by atoms with E-state index in [4.69, 9.17) is 21.1 Å². The van der Waals surface area contributed by atoms with Crippen molar-refractivity contribution in [2.75, 3.05) is 26.9 Å². The van der Waals surface area contributed by atoms with Crippen LogP contribution in [0.4, 0.5) is 8.78 Å². The van der Waals surface area contributed by atoms with E-state index < -0.39 is 11.6 Å². The Balaban J connectivity index is 2.23. The highest BCUT2D eigenvalue weighted by Gasteiger charge is 2.16. The number of aromatic nitrogens is 2. The molecule has 0 fully saturated rings. The smallest absolute Gasteiger partial charge is 0.184 e. The Kier molecular flexibility index (Phi) is 5.28. The molecule has 0 spiro atoms. The maximum Gasteiger partial charge on any atom is 0.184 e. The molecule has 110 valence electrons. The van der Waals surface area contributed by atoms with Crippen LogP contribution in [-0.4, -0.2) is 36.5 Å². The molecule has 20 heavy (non-hydrogen) atoms. The van der Waals surface area contributed by atoms with Gasteiger partial charge in [0.15, 0.2) is 11.6 Å². The maximum absolute atomic E-state index is 13.9. The molecule has 0 aliphatic heterocycles. The van der Waals surface area contributed by atoms with E-state index in [1.807, 2.05) is 0 Å². The van der Waals surface area contributed by atoms with Crippen LogP contribution >= 0.6 is 11.6 Å². The second-order valence-corrected chi connectivity index (χ2v) is 4.41. The van der Waals surface area contributed by atoms with E-state index in [0.717, 1.165) is 6.07 Å². The number of hydrogen-bond acceptors (Lipinski definition) is 3. The van der Waals surface area contributed by atoms with Gasteiger partial charge in [0, 0.05) is 13.7 Å². The summed E-state index contributed by atoms with van der Waals surface area (Å²) in [5.41, 5.74) is 0.507. The van der Waals surface area contributed by atoms with Gasteiger partial charge in [0.1, 0.15) is 11.3 Å². The number of benzene rings is 1. The molecule has 0 atom stereocenters. The number of ether oxygens (including phenoxy) is 2. The lowest BCUT2D eigenvalue weighted by atomic mass is 10.3. The Morgan fingerprint density at radius 2 is 2.05 bits per heavy atom. The quantitative estimate of drug-likeness (QED) is 0.583. The molecule has 0 aliphatic carbocycles. The van der Waals surface area contributed by atoms with Crippen LogP contribution in [0.3, 0.4) is 0 Å². The average molecular weight is 305 g/mol. The van der Waals surface area contributed by atoms with Crippen molar-refractivity contribution >= 4 is 22.6 Å². The normalized spacial score (nSPS) is 11.4. The lowest BCUT2D eigenvalue weighted by Gasteiger charge is -2.09. The fourth-order valence-corrected chi connectivity index (χ4v) is 2.15. The summed E-state index contributed by atoms with van der Waals surface area (Å²) >= 11 is 5.80. The van der Waals surface area contributed by atoms with Crippen molar-refractivity contribution in [3.63, 3.8) is 0 Å². The van der Waals surface area contributed by atoms with Crippen molar-refractivity contribution < 1.29 is 18.3 Å². The zero-order valence-corrected chi connectivity index (χ0v) is 11.8. The van der Waals surface area contributed by atoms with Gasteiger partial charge in [0.05, 0.1) is 31.2 Å². The largest absolute Gasteiger partial charge is 0.382 e. The third kappa shape index (κ3) is 3.08. The minimum Gasteiger partial charge on any atom is -0.382 e. The van der Waals surface area contributed by atoms with E-state index in [2.05, 4.69) is 4.98 Å². The number of rotatable bonds is 7. The van der Waals surface area contributed by atoms with Gasteiger partial charge in [0.25, 0.3) is 0 Å². The minimum atomic E-state index is -0.914. The first-order valence-corrected chi connectivity index (χ1v) is 6.68. The first kappa shape index (κ1) is 15.2. The topological polar surface area (TPSA) is 36.3 Å². The Hall–Kier alpha value is -1.24. The summed E-state index contributed by atoms with van der Waals surface area (Å²) < 4.78 is 39.0. The molecule has 0 aliphatic rings. The molecule has 0 N–H and O–H groups in total. The Morgan fingerprint density at radius 3 is 2.75 bits per heavy atom. The fourth-order valence-electron chi connectivity index (χ4n) is 1.95. The van der Waals surface area contributed by atoms with Gasteiger partial charge in [-0.2, -0.15) is 0 Å². The second kappa shape index (κ2) is 6.97. The van der Waals surface area contributed by atoms with Crippen molar-refractivity contribution in [2.24, 2.45) is 0 Å². The van der Waals surface area contributed by atoms with Crippen molar-refractivity contribution in [1.82, 2.24) is 9.55 Å². The van der Waals surface area contributed by atoms with E-state index in [1.54, 1.807) is 11.7 Å². The highest BCUT2D eigenvalue weighted by molar-refractivity contribution is 6.16. The minimum absolute atomic E-state index is 0.119. The summed E-state index contributed by atoms with van der Waals surface area (Å²) in [7, 11) is 1.58. The highest BCUT2D eigenvalue weighted by Crippen LogP contribution is 2.22. The van der Waals surface area contributed by atoms with Crippen LogP contribution in [0.15, 0.2) is 12.1 Å². The van der Waals surface area contributed by atoms with Crippen LogP contribution in [0.1, 0.15) is 5.82 Å². The lowest BCUT2D eigenvalue weighted by molar-refractivity contribution is 0.0667. The monoisotopic (exact) mass is 304 g/mol. The van der Waals surface area contributed by atoms with Gasteiger partial charge >= 0.3 is 0 Å². The van der Waals surface area contributed by atoms with Crippen molar-refractivity contribution in [3.8, 4) is 0 Å². The van der Waals surface area contributed by atoms with Crippen molar-refractivity contribution in [3.05, 3.63) is 29.6 Å². The SMILES string of the molecule is COCCOCCn1c(CCl)nc2ccc(F)c(F)c21. The van der Waals surface area contributed by atoms with Crippen LogP contribution in [0.5, 0.6) is 0 Å². The third-order valence-corrected chi connectivity index (χ3v) is 3.13. The van der Waals surface area contributed by atoms with Gasteiger partial charge in [-0.05, 0) is 12.1 Å².